The predicted molar refractivity (Wildman–Crippen MR) is 65.3 cm³/mol. The molecular weight excluding hydrogens is 242 g/mol. The van der Waals surface area contributed by atoms with Gasteiger partial charge in [-0.1, -0.05) is 13.3 Å². The molecule has 1 aliphatic heterocycles. The first-order chi connectivity index (χ1) is 7.97. The average molecular weight is 263 g/mol. The van der Waals surface area contributed by atoms with Crippen LogP contribution in [-0.2, 0) is 14.6 Å². The van der Waals surface area contributed by atoms with Crippen LogP contribution in [0.3, 0.4) is 0 Å². The van der Waals surface area contributed by atoms with Crippen molar-refractivity contribution in [1.82, 2.24) is 5.32 Å². The van der Waals surface area contributed by atoms with Crippen molar-refractivity contribution in [2.45, 2.75) is 37.9 Å². The van der Waals surface area contributed by atoms with Crippen molar-refractivity contribution in [3.63, 3.8) is 0 Å². The average Bonchev–Trinajstić information content (AvgIpc) is 2.26. The summed E-state index contributed by atoms with van der Waals surface area (Å²) in [5.41, 5.74) is 0. The molecule has 0 aromatic heterocycles. The summed E-state index contributed by atoms with van der Waals surface area (Å²) in [5.74, 6) is -0.0955. The van der Waals surface area contributed by atoms with E-state index in [0.717, 1.165) is 6.42 Å². The molecule has 100 valence electrons. The van der Waals surface area contributed by atoms with E-state index in [-0.39, 0.29) is 24.2 Å². The molecule has 1 amide bonds. The lowest BCUT2D eigenvalue weighted by molar-refractivity contribution is -0.121. The Morgan fingerprint density at radius 1 is 1.47 bits per heavy atom. The van der Waals surface area contributed by atoms with E-state index in [9.17, 15) is 13.2 Å². The van der Waals surface area contributed by atoms with Gasteiger partial charge in [0.25, 0.3) is 0 Å². The van der Waals surface area contributed by atoms with Crippen molar-refractivity contribution >= 4 is 15.7 Å². The van der Waals surface area contributed by atoms with Gasteiger partial charge in [-0.25, -0.2) is 8.42 Å². The lowest BCUT2D eigenvalue weighted by atomic mass is 10.1. The van der Waals surface area contributed by atoms with E-state index < -0.39 is 15.1 Å². The zero-order valence-corrected chi connectivity index (χ0v) is 11.0. The second-order valence-electron chi connectivity index (χ2n) is 4.71. The highest BCUT2D eigenvalue weighted by molar-refractivity contribution is 7.92. The lowest BCUT2D eigenvalue weighted by Gasteiger charge is -2.22. The Morgan fingerprint density at radius 2 is 2.18 bits per heavy atom. The van der Waals surface area contributed by atoms with Gasteiger partial charge >= 0.3 is 0 Å². The van der Waals surface area contributed by atoms with Crippen LogP contribution in [0.2, 0.25) is 0 Å². The monoisotopic (exact) mass is 263 g/mol. The maximum Gasteiger partial charge on any atom is 0.238 e. The molecule has 2 N–H and O–H groups in total. The van der Waals surface area contributed by atoms with Crippen LogP contribution >= 0.6 is 0 Å². The topological polar surface area (TPSA) is 83.5 Å². The molecule has 0 aliphatic carbocycles. The van der Waals surface area contributed by atoms with Crippen molar-refractivity contribution in [3.8, 4) is 0 Å². The Hall–Kier alpha value is -0.620. The Kier molecular flexibility index (Phi) is 5.39. The SMILES string of the molecule is CC(CCO)CNC(=O)C1CCCCS1(=O)=O. The van der Waals surface area contributed by atoms with Crippen molar-refractivity contribution in [3.05, 3.63) is 0 Å². The number of carbonyl (C=O) groups is 1. The molecular formula is C11H21NO4S. The smallest absolute Gasteiger partial charge is 0.238 e. The summed E-state index contributed by atoms with van der Waals surface area (Å²) in [5, 5.41) is 10.5. The van der Waals surface area contributed by atoms with Gasteiger partial charge < -0.3 is 10.4 Å². The summed E-state index contributed by atoms with van der Waals surface area (Å²) in [4.78, 5) is 11.8. The maximum atomic E-state index is 11.8. The first-order valence-corrected chi connectivity index (χ1v) is 7.79. The van der Waals surface area contributed by atoms with Gasteiger partial charge in [-0.05, 0) is 25.2 Å². The normalized spacial score (nSPS) is 25.2. The third kappa shape index (κ3) is 4.27. The Bertz CT molecular complexity index is 352. The van der Waals surface area contributed by atoms with Gasteiger partial charge in [-0.15, -0.1) is 0 Å². The molecule has 6 heteroatoms. The number of amides is 1. The Labute approximate surface area is 103 Å². The lowest BCUT2D eigenvalue weighted by Crippen LogP contribution is -2.44. The van der Waals surface area contributed by atoms with Gasteiger partial charge in [0.15, 0.2) is 9.84 Å². The Morgan fingerprint density at radius 3 is 2.76 bits per heavy atom. The molecule has 0 aromatic rings. The number of aliphatic hydroxyl groups is 1. The molecule has 1 saturated heterocycles. The van der Waals surface area contributed by atoms with Gasteiger partial charge in [0.05, 0.1) is 5.75 Å². The van der Waals surface area contributed by atoms with Gasteiger partial charge in [-0.2, -0.15) is 0 Å². The van der Waals surface area contributed by atoms with Crippen LogP contribution < -0.4 is 5.32 Å². The molecule has 0 spiro atoms. The molecule has 1 fully saturated rings. The number of rotatable bonds is 5. The summed E-state index contributed by atoms with van der Waals surface area (Å²) in [6.45, 7) is 2.41. The fourth-order valence-electron chi connectivity index (χ4n) is 1.96. The molecule has 5 nitrogen and oxygen atoms in total. The summed E-state index contributed by atoms with van der Waals surface area (Å²) in [7, 11) is -3.24. The van der Waals surface area contributed by atoms with E-state index in [1.807, 2.05) is 6.92 Å². The van der Waals surface area contributed by atoms with Crippen LogP contribution in [0.1, 0.15) is 32.6 Å². The van der Waals surface area contributed by atoms with Crippen molar-refractivity contribution in [2.75, 3.05) is 18.9 Å². The highest BCUT2D eigenvalue weighted by Crippen LogP contribution is 2.19. The minimum Gasteiger partial charge on any atom is -0.396 e. The molecule has 0 bridgehead atoms. The molecule has 1 heterocycles. The molecule has 1 rings (SSSR count). The second kappa shape index (κ2) is 6.35. The number of aliphatic hydroxyl groups excluding tert-OH is 1. The first kappa shape index (κ1) is 14.4. The summed E-state index contributed by atoms with van der Waals surface area (Å²) in [6, 6.07) is 0. The Balaban J connectivity index is 2.46. The number of hydrogen-bond acceptors (Lipinski definition) is 4. The number of carbonyl (C=O) groups excluding carboxylic acids is 1. The first-order valence-electron chi connectivity index (χ1n) is 6.07. The molecule has 2 atom stereocenters. The van der Waals surface area contributed by atoms with E-state index in [0.29, 0.717) is 25.8 Å². The van der Waals surface area contributed by atoms with E-state index in [1.165, 1.54) is 0 Å². The maximum absolute atomic E-state index is 11.8. The quantitative estimate of drug-likeness (QED) is 0.736. The largest absolute Gasteiger partial charge is 0.396 e. The second-order valence-corrected chi connectivity index (χ2v) is 7.02. The standard InChI is InChI=1S/C11H21NO4S/c1-9(5-6-13)8-12-11(14)10-4-2-3-7-17(10,15)16/h9-10,13H,2-8H2,1H3,(H,12,14). The molecule has 1 aliphatic rings. The van der Waals surface area contributed by atoms with Crippen LogP contribution in [0.15, 0.2) is 0 Å². The summed E-state index contributed by atoms with van der Waals surface area (Å²) < 4.78 is 23.4. The van der Waals surface area contributed by atoms with Gasteiger partial charge in [0.1, 0.15) is 5.25 Å². The molecule has 0 aromatic carbocycles. The van der Waals surface area contributed by atoms with Crippen LogP contribution in [0.25, 0.3) is 0 Å². The van der Waals surface area contributed by atoms with E-state index in [2.05, 4.69) is 5.32 Å². The predicted octanol–water partition coefficient (Wildman–Crippen LogP) is 0.0884. The zero-order valence-electron chi connectivity index (χ0n) is 10.2. The highest BCUT2D eigenvalue weighted by Gasteiger charge is 2.34. The number of sulfone groups is 1. The third-order valence-electron chi connectivity index (χ3n) is 3.12. The van der Waals surface area contributed by atoms with Gasteiger partial charge in [-0.3, -0.25) is 4.79 Å². The highest BCUT2D eigenvalue weighted by atomic mass is 32.2. The van der Waals surface area contributed by atoms with Crippen LogP contribution in [-0.4, -0.2) is 43.6 Å². The molecule has 2 unspecified atom stereocenters. The minimum absolute atomic E-state index is 0.0821. The third-order valence-corrected chi connectivity index (χ3v) is 5.29. The minimum atomic E-state index is -3.24. The number of nitrogens with one attached hydrogen (secondary N) is 1. The van der Waals surface area contributed by atoms with E-state index in [1.54, 1.807) is 0 Å². The number of hydrogen-bond donors (Lipinski definition) is 2. The fourth-order valence-corrected chi connectivity index (χ4v) is 3.79. The van der Waals surface area contributed by atoms with Gasteiger partial charge in [0.2, 0.25) is 5.91 Å². The molecule has 17 heavy (non-hydrogen) atoms. The molecule has 0 saturated carbocycles. The summed E-state index contributed by atoms with van der Waals surface area (Å²) >= 11 is 0. The van der Waals surface area contributed by atoms with Crippen molar-refractivity contribution in [2.24, 2.45) is 5.92 Å². The van der Waals surface area contributed by atoms with Crippen LogP contribution in [0.4, 0.5) is 0 Å². The van der Waals surface area contributed by atoms with Crippen molar-refractivity contribution in [1.29, 1.82) is 0 Å². The van der Waals surface area contributed by atoms with Crippen molar-refractivity contribution < 1.29 is 18.3 Å². The summed E-state index contributed by atoms with van der Waals surface area (Å²) in [6.07, 6.45) is 2.50. The van der Waals surface area contributed by atoms with E-state index in [4.69, 9.17) is 5.11 Å². The molecule has 0 radical (unpaired) electrons. The van der Waals surface area contributed by atoms with E-state index >= 15 is 0 Å². The van der Waals surface area contributed by atoms with Crippen LogP contribution in [0, 0.1) is 5.92 Å². The zero-order chi connectivity index (χ0) is 12.9. The fraction of sp³-hybridized carbons (Fsp3) is 0.909. The van der Waals surface area contributed by atoms with Gasteiger partial charge in [0, 0.05) is 13.2 Å². The van der Waals surface area contributed by atoms with Crippen LogP contribution in [0.5, 0.6) is 0 Å².